The van der Waals surface area contributed by atoms with Crippen LogP contribution in [-0.4, -0.2) is 81.7 Å². The SMILES string of the molecule is C[C@H](NC(=O)CN(C)C(=O)OCc1ccccc1)C(=O)N[C@@H](CO)C(=O)N[C@@H](C)P(=O)(O)O. The van der Waals surface area contributed by atoms with Crippen LogP contribution in [0.2, 0.25) is 0 Å². The molecule has 0 radical (unpaired) electrons. The lowest BCUT2D eigenvalue weighted by Crippen LogP contribution is -2.55. The minimum absolute atomic E-state index is 0.0235. The molecule has 4 amide bonds. The smallest absolute Gasteiger partial charge is 0.410 e. The number of benzene rings is 1. The van der Waals surface area contributed by atoms with Gasteiger partial charge in [-0.15, -0.1) is 0 Å². The zero-order valence-electron chi connectivity index (χ0n) is 18.4. The highest BCUT2D eigenvalue weighted by Crippen LogP contribution is 2.39. The Balaban J connectivity index is 2.50. The van der Waals surface area contributed by atoms with Gasteiger partial charge < -0.3 is 40.5 Å². The molecule has 0 unspecified atom stereocenters. The van der Waals surface area contributed by atoms with Gasteiger partial charge in [0, 0.05) is 7.05 Å². The predicted molar refractivity (Wildman–Crippen MR) is 116 cm³/mol. The first-order valence-electron chi connectivity index (χ1n) is 9.83. The first-order chi connectivity index (χ1) is 15.3. The number of carbonyl (C=O) groups is 4. The van der Waals surface area contributed by atoms with E-state index in [1.54, 1.807) is 24.3 Å². The average Bonchev–Trinajstić information content (AvgIpc) is 2.75. The summed E-state index contributed by atoms with van der Waals surface area (Å²) in [7, 11) is -3.26. The van der Waals surface area contributed by atoms with E-state index < -0.39 is 62.4 Å². The summed E-state index contributed by atoms with van der Waals surface area (Å²) in [4.78, 5) is 67.5. The highest BCUT2D eigenvalue weighted by molar-refractivity contribution is 7.52. The van der Waals surface area contributed by atoms with E-state index in [1.807, 2.05) is 11.4 Å². The molecular weight excluding hydrogens is 459 g/mol. The van der Waals surface area contributed by atoms with Crippen LogP contribution in [0.15, 0.2) is 30.3 Å². The Hall–Kier alpha value is -2.99. The van der Waals surface area contributed by atoms with E-state index >= 15 is 0 Å². The fraction of sp³-hybridized carbons (Fsp3) is 0.474. The minimum atomic E-state index is -4.60. The van der Waals surface area contributed by atoms with Crippen LogP contribution in [0.25, 0.3) is 0 Å². The monoisotopic (exact) mass is 488 g/mol. The second-order valence-corrected chi connectivity index (χ2v) is 9.16. The minimum Gasteiger partial charge on any atom is -0.445 e. The maximum atomic E-state index is 12.2. The summed E-state index contributed by atoms with van der Waals surface area (Å²) in [5, 5.41) is 15.8. The van der Waals surface area contributed by atoms with Gasteiger partial charge in [0.25, 0.3) is 0 Å². The Kier molecular flexibility index (Phi) is 11.0. The molecule has 0 fully saturated rings. The van der Waals surface area contributed by atoms with E-state index in [-0.39, 0.29) is 6.61 Å². The quantitative estimate of drug-likeness (QED) is 0.209. The molecular formula is C19H29N4O9P. The molecule has 0 bridgehead atoms. The molecule has 1 aromatic carbocycles. The molecule has 184 valence electrons. The van der Waals surface area contributed by atoms with Crippen LogP contribution in [0.1, 0.15) is 19.4 Å². The first-order valence-corrected chi connectivity index (χ1v) is 11.5. The van der Waals surface area contributed by atoms with Crippen LogP contribution in [-0.2, 0) is 30.3 Å². The van der Waals surface area contributed by atoms with Crippen molar-refractivity contribution < 1.29 is 43.4 Å². The van der Waals surface area contributed by atoms with Crippen molar-refractivity contribution in [1.29, 1.82) is 0 Å². The highest BCUT2D eigenvalue weighted by atomic mass is 31.2. The van der Waals surface area contributed by atoms with E-state index in [0.717, 1.165) is 17.4 Å². The van der Waals surface area contributed by atoms with E-state index in [1.165, 1.54) is 14.0 Å². The Labute approximate surface area is 190 Å². The van der Waals surface area contributed by atoms with Crippen molar-refractivity contribution >= 4 is 31.4 Å². The molecule has 3 atom stereocenters. The molecule has 33 heavy (non-hydrogen) atoms. The van der Waals surface area contributed by atoms with Gasteiger partial charge in [-0.05, 0) is 19.4 Å². The summed E-state index contributed by atoms with van der Waals surface area (Å²) >= 11 is 0. The van der Waals surface area contributed by atoms with Crippen LogP contribution in [0.5, 0.6) is 0 Å². The number of ether oxygens (including phenoxy) is 1. The fourth-order valence-corrected chi connectivity index (χ4v) is 2.64. The van der Waals surface area contributed by atoms with Gasteiger partial charge in [0.05, 0.1) is 6.61 Å². The largest absolute Gasteiger partial charge is 0.445 e. The predicted octanol–water partition coefficient (Wildman–Crippen LogP) is -1.12. The van der Waals surface area contributed by atoms with Gasteiger partial charge in [0.15, 0.2) is 0 Å². The van der Waals surface area contributed by atoms with E-state index in [2.05, 4.69) is 10.6 Å². The van der Waals surface area contributed by atoms with Crippen molar-refractivity contribution in [1.82, 2.24) is 20.9 Å². The lowest BCUT2D eigenvalue weighted by atomic mass is 10.2. The maximum absolute atomic E-state index is 12.2. The topological polar surface area (TPSA) is 195 Å². The van der Waals surface area contributed by atoms with E-state index in [9.17, 15) is 28.8 Å². The van der Waals surface area contributed by atoms with Gasteiger partial charge in [-0.1, -0.05) is 30.3 Å². The number of carbonyl (C=O) groups excluding carboxylic acids is 4. The van der Waals surface area contributed by atoms with E-state index in [0.29, 0.717) is 0 Å². The van der Waals surface area contributed by atoms with Crippen LogP contribution >= 0.6 is 7.60 Å². The molecule has 0 aliphatic carbocycles. The second-order valence-electron chi connectivity index (χ2n) is 7.20. The molecule has 0 spiro atoms. The standard InChI is InChI=1S/C19H29N4O9P/c1-12(17(26)22-15(10-24)18(27)21-13(2)33(29,30)31)20-16(25)9-23(3)19(28)32-11-14-7-5-4-6-8-14/h4-8,12-13,15,24H,9-11H2,1-3H3,(H,20,25)(H,21,27)(H,22,26)(H2,29,30,31)/t12-,13+,15-/m0/s1. The summed E-state index contributed by atoms with van der Waals surface area (Å²) < 4.78 is 16.2. The number of hydrogen-bond donors (Lipinski definition) is 6. The number of likely N-dealkylation sites (N-methyl/N-ethyl adjacent to an activating group) is 1. The second kappa shape index (κ2) is 12.9. The van der Waals surface area contributed by atoms with E-state index in [4.69, 9.17) is 14.5 Å². The summed E-state index contributed by atoms with van der Waals surface area (Å²) in [5.74, 6) is -4.06. The molecule has 6 N–H and O–H groups in total. The number of nitrogens with zero attached hydrogens (tertiary/aromatic N) is 1. The van der Waals surface area contributed by atoms with Crippen LogP contribution in [0.3, 0.4) is 0 Å². The third-order valence-electron chi connectivity index (χ3n) is 4.34. The van der Waals surface area contributed by atoms with Crippen LogP contribution in [0, 0.1) is 0 Å². The molecule has 14 heteroatoms. The van der Waals surface area contributed by atoms with Crippen molar-refractivity contribution in [3.63, 3.8) is 0 Å². The lowest BCUT2D eigenvalue weighted by molar-refractivity contribution is -0.132. The zero-order valence-corrected chi connectivity index (χ0v) is 19.3. The first kappa shape index (κ1) is 28.0. The molecule has 0 aromatic heterocycles. The van der Waals surface area contributed by atoms with Gasteiger partial charge in [-0.2, -0.15) is 0 Å². The molecule has 0 aliphatic heterocycles. The Morgan fingerprint density at radius 3 is 2.18 bits per heavy atom. The van der Waals surface area contributed by atoms with Crippen molar-refractivity contribution in [2.24, 2.45) is 0 Å². The van der Waals surface area contributed by atoms with Crippen molar-refractivity contribution in [2.45, 2.75) is 38.3 Å². The molecule has 0 aliphatic rings. The number of rotatable bonds is 11. The van der Waals surface area contributed by atoms with Gasteiger partial charge in [-0.25, -0.2) is 4.79 Å². The highest BCUT2D eigenvalue weighted by Gasteiger charge is 2.30. The van der Waals surface area contributed by atoms with Crippen LogP contribution in [0.4, 0.5) is 4.79 Å². The van der Waals surface area contributed by atoms with Gasteiger partial charge in [0.1, 0.15) is 31.0 Å². The number of aliphatic hydroxyl groups excluding tert-OH is 1. The number of nitrogens with one attached hydrogen (secondary N) is 3. The molecule has 0 saturated carbocycles. The summed E-state index contributed by atoms with van der Waals surface area (Å²) in [6, 6.07) is 6.29. The Morgan fingerprint density at radius 1 is 1.03 bits per heavy atom. The van der Waals surface area contributed by atoms with Crippen molar-refractivity contribution in [3.8, 4) is 0 Å². The number of aliphatic hydroxyl groups is 1. The summed E-state index contributed by atoms with van der Waals surface area (Å²) in [5.41, 5.74) is 0.770. The average molecular weight is 488 g/mol. The summed E-state index contributed by atoms with van der Waals surface area (Å²) in [6.07, 6.45) is -0.748. The molecule has 0 saturated heterocycles. The van der Waals surface area contributed by atoms with Crippen LogP contribution < -0.4 is 16.0 Å². The normalized spacial score (nSPS) is 13.8. The van der Waals surface area contributed by atoms with Crippen molar-refractivity contribution in [2.75, 3.05) is 20.2 Å². The van der Waals surface area contributed by atoms with Gasteiger partial charge in [-0.3, -0.25) is 18.9 Å². The molecule has 1 rings (SSSR count). The zero-order chi connectivity index (χ0) is 25.2. The number of amides is 4. The third kappa shape index (κ3) is 10.00. The maximum Gasteiger partial charge on any atom is 0.410 e. The lowest BCUT2D eigenvalue weighted by Gasteiger charge is -2.22. The Bertz CT molecular complexity index is 877. The molecule has 1 aromatic rings. The van der Waals surface area contributed by atoms with Gasteiger partial charge in [0.2, 0.25) is 17.7 Å². The number of hydrogen-bond acceptors (Lipinski definition) is 7. The van der Waals surface area contributed by atoms with Gasteiger partial charge >= 0.3 is 13.7 Å². The molecule has 0 heterocycles. The third-order valence-corrected chi connectivity index (χ3v) is 5.48. The fourth-order valence-electron chi connectivity index (χ4n) is 2.34. The van der Waals surface area contributed by atoms with Crippen molar-refractivity contribution in [3.05, 3.63) is 35.9 Å². The molecule has 13 nitrogen and oxygen atoms in total. The summed E-state index contributed by atoms with van der Waals surface area (Å²) in [6.45, 7) is 1.15. The Morgan fingerprint density at radius 2 is 1.64 bits per heavy atom.